The second-order valence-electron chi connectivity index (χ2n) is 21.7. The van der Waals surface area contributed by atoms with Gasteiger partial charge in [0.2, 0.25) is 0 Å². The molecule has 8 rings (SSSR count). The van der Waals surface area contributed by atoms with Crippen LogP contribution in [0.3, 0.4) is 0 Å². The molecule has 7 aromatic rings. The van der Waals surface area contributed by atoms with Gasteiger partial charge in [-0.15, -0.1) is 50.9 Å². The topological polar surface area (TPSA) is 9.23 Å². The number of benzene rings is 5. The molecule has 7 aromatic carbocycles. The molecule has 1 aliphatic rings. The van der Waals surface area contributed by atoms with Crippen LogP contribution in [0.1, 0.15) is 130 Å². The fourth-order valence-corrected chi connectivity index (χ4v) is 9.77. The van der Waals surface area contributed by atoms with Crippen LogP contribution in [0, 0.1) is 41.5 Å². The third-order valence-corrected chi connectivity index (χ3v) is 12.5. The summed E-state index contributed by atoms with van der Waals surface area (Å²) in [4.78, 5) is 0. The molecular formula is C60H74Cl2OSiZr. The molecule has 1 nitrogen and oxygen atoms in total. The third kappa shape index (κ3) is 12.3. The first-order valence-corrected chi connectivity index (χ1v) is 31.6. The molecule has 0 aromatic heterocycles. The van der Waals surface area contributed by atoms with E-state index >= 15 is 0 Å². The molecule has 0 bridgehead atoms. The summed E-state index contributed by atoms with van der Waals surface area (Å²) in [5, 5.41) is 5.44. The number of hydrogen-bond donors (Lipinski definition) is 0. The van der Waals surface area contributed by atoms with Gasteiger partial charge >= 0.3 is 37.9 Å². The average molecular weight is 1000 g/mol. The van der Waals surface area contributed by atoms with Crippen LogP contribution in [0.15, 0.2) is 84.9 Å². The Hall–Kier alpha value is -3.20. The molecule has 342 valence electrons. The molecule has 1 aliphatic carbocycles. The van der Waals surface area contributed by atoms with Crippen LogP contribution < -0.4 is 4.74 Å². The summed E-state index contributed by atoms with van der Waals surface area (Å²) in [6.45, 7) is 38.2. The van der Waals surface area contributed by atoms with E-state index in [0.29, 0.717) is 0 Å². The summed E-state index contributed by atoms with van der Waals surface area (Å²) < 4.78 is 6.13. The van der Waals surface area contributed by atoms with Gasteiger partial charge in [0.15, 0.2) is 0 Å². The van der Waals surface area contributed by atoms with Gasteiger partial charge < -0.3 is 4.74 Å². The Bertz CT molecular complexity index is 2610. The van der Waals surface area contributed by atoms with Crippen molar-refractivity contribution in [2.45, 2.75) is 152 Å². The zero-order valence-corrected chi connectivity index (χ0v) is 47.8. The van der Waals surface area contributed by atoms with Crippen LogP contribution >= 0.6 is 17.0 Å². The number of aryl methyl sites for hydroxylation is 6. The fraction of sp³-hybridized carbons (Fsp3) is 0.400. The number of rotatable bonds is 4. The molecule has 2 radical (unpaired) electrons. The number of halogens is 2. The molecule has 0 saturated heterocycles. The first-order valence-electron chi connectivity index (χ1n) is 23.3. The van der Waals surface area contributed by atoms with E-state index in [-0.39, 0.29) is 16.2 Å². The summed E-state index contributed by atoms with van der Waals surface area (Å²) in [6, 6.07) is 32.9. The van der Waals surface area contributed by atoms with Gasteiger partial charge in [-0.3, -0.25) is 0 Å². The van der Waals surface area contributed by atoms with Crippen LogP contribution in [-0.2, 0) is 49.9 Å². The number of fused-ring (bicyclic) bond motifs is 3. The van der Waals surface area contributed by atoms with E-state index in [1.54, 1.807) is 11.1 Å². The Kier molecular flexibility index (Phi) is 17.4. The predicted octanol–water partition coefficient (Wildman–Crippen LogP) is 18.5. The SMILES string of the molecule is COc1c(C(C)(C)C)cc2[cH-]c(C)cc2c1-c1cc(C(C)(C)C)cc(C(C)(C)C)c1.C[Si]C.Cc1cc(C)cc(-c2c3c(c(-c4cc(C)cc(C)c4)c4[cH-]c(C)cc24)CCC3)c1.[Cl][Zr+2][Cl]. The molecule has 65 heavy (non-hydrogen) atoms. The molecule has 0 saturated carbocycles. The van der Waals surface area contributed by atoms with E-state index in [1.165, 1.54) is 124 Å². The van der Waals surface area contributed by atoms with Crippen molar-refractivity contribution in [3.05, 3.63) is 146 Å². The quantitative estimate of drug-likeness (QED) is 0.126. The third-order valence-electron chi connectivity index (χ3n) is 12.5. The number of methoxy groups -OCH3 is 1. The van der Waals surface area contributed by atoms with Crippen molar-refractivity contribution in [2.24, 2.45) is 0 Å². The number of ether oxygens (including phenoxy) is 1. The normalized spacial score (nSPS) is 12.4. The van der Waals surface area contributed by atoms with Crippen LogP contribution in [0.5, 0.6) is 5.75 Å². The Morgan fingerprint density at radius 3 is 1.38 bits per heavy atom. The van der Waals surface area contributed by atoms with Gasteiger partial charge in [0.05, 0.1) is 7.11 Å². The van der Waals surface area contributed by atoms with Gasteiger partial charge in [0.1, 0.15) is 5.75 Å². The molecule has 0 spiro atoms. The average Bonchev–Trinajstić information content (AvgIpc) is 3.92. The summed E-state index contributed by atoms with van der Waals surface area (Å²) in [7, 11) is 12.8. The van der Waals surface area contributed by atoms with Crippen molar-refractivity contribution in [3.63, 3.8) is 0 Å². The van der Waals surface area contributed by atoms with E-state index in [4.69, 9.17) is 21.8 Å². The molecule has 0 N–H and O–H groups in total. The molecule has 0 heterocycles. The first-order chi connectivity index (χ1) is 30.4. The van der Waals surface area contributed by atoms with Crippen molar-refractivity contribution < 1.29 is 25.6 Å². The van der Waals surface area contributed by atoms with Gasteiger partial charge in [-0.1, -0.05) is 194 Å². The van der Waals surface area contributed by atoms with Crippen molar-refractivity contribution in [2.75, 3.05) is 7.11 Å². The van der Waals surface area contributed by atoms with Crippen molar-refractivity contribution >= 4 is 48.1 Å². The molecule has 0 aliphatic heterocycles. The van der Waals surface area contributed by atoms with E-state index < -0.39 is 20.8 Å². The monoisotopic (exact) mass is 998 g/mol. The molecule has 0 fully saturated rings. The summed E-state index contributed by atoms with van der Waals surface area (Å²) in [5.41, 5.74) is 23.6. The van der Waals surface area contributed by atoms with Crippen molar-refractivity contribution in [3.8, 4) is 39.1 Å². The second kappa shape index (κ2) is 21.4. The van der Waals surface area contributed by atoms with Crippen LogP contribution in [0.4, 0.5) is 0 Å². The van der Waals surface area contributed by atoms with Gasteiger partial charge in [-0.25, -0.2) is 0 Å². The van der Waals surface area contributed by atoms with E-state index in [9.17, 15) is 0 Å². The predicted molar refractivity (Wildman–Crippen MR) is 288 cm³/mol. The molecule has 0 atom stereocenters. The summed E-state index contributed by atoms with van der Waals surface area (Å²) in [5.74, 6) is 1.01. The van der Waals surface area contributed by atoms with Gasteiger partial charge in [-0.2, -0.15) is 12.1 Å². The molecule has 0 unspecified atom stereocenters. The zero-order chi connectivity index (χ0) is 48.3. The maximum atomic E-state index is 6.13. The van der Waals surface area contributed by atoms with E-state index in [2.05, 4.69) is 202 Å². The second-order valence-corrected chi connectivity index (χ2v) is 26.4. The molecule has 0 amide bonds. The Labute approximate surface area is 415 Å². The summed E-state index contributed by atoms with van der Waals surface area (Å²) in [6.07, 6.45) is 3.64. The maximum absolute atomic E-state index is 6.13. The molecule has 5 heteroatoms. The van der Waals surface area contributed by atoms with Crippen molar-refractivity contribution in [1.82, 2.24) is 0 Å². The summed E-state index contributed by atoms with van der Waals surface area (Å²) >= 11 is -0.826. The van der Waals surface area contributed by atoms with Crippen LogP contribution in [-0.4, -0.2) is 16.6 Å². The van der Waals surface area contributed by atoms with Gasteiger partial charge in [-0.05, 0) is 96.6 Å². The standard InChI is InChI=1S/C29H39O.C29H29.C2H6Si.2ClH.Zr/c1-18-12-19-16-24(29(8,9)10)26(30-11)25(23(19)13-18)20-14-21(27(2,3)4)17-22(15-20)28(5,6)7;1-17-9-18(2)12-22(11-17)28-24-7-6-8-25(24)29(27-16-21(5)15-26(27)28)23-13-19(3)10-20(4)14-23;1-3-2;;;/h12-17H,1-11H3;9-16H,6-8H2,1-5H3;1-2H3;2*1H;/q2*-1;;;;+4/p-2. The van der Waals surface area contributed by atoms with Gasteiger partial charge in [0, 0.05) is 9.52 Å². The minimum absolute atomic E-state index is 0.00600. The number of hydrogen-bond acceptors (Lipinski definition) is 1. The van der Waals surface area contributed by atoms with Crippen molar-refractivity contribution in [1.29, 1.82) is 0 Å². The van der Waals surface area contributed by atoms with E-state index in [0.717, 1.165) is 15.3 Å². The van der Waals surface area contributed by atoms with Crippen LogP contribution in [0.2, 0.25) is 13.1 Å². The van der Waals surface area contributed by atoms with Crippen LogP contribution in [0.25, 0.3) is 54.9 Å². The Morgan fingerprint density at radius 1 is 0.523 bits per heavy atom. The Morgan fingerprint density at radius 2 is 0.938 bits per heavy atom. The minimum atomic E-state index is -0.826. The first kappa shape index (κ1) is 52.8. The zero-order valence-electron chi connectivity index (χ0n) is 42.9. The van der Waals surface area contributed by atoms with E-state index in [1.807, 2.05) is 7.11 Å². The fourth-order valence-electron chi connectivity index (χ4n) is 9.77. The molecular weight excluding hydrogens is 927 g/mol. The van der Waals surface area contributed by atoms with Gasteiger partial charge in [0.25, 0.3) is 0 Å². The Balaban J connectivity index is 0.000000218.